The number of carbonyl (C=O) groups excluding carboxylic acids is 1. The molecule has 5 nitrogen and oxygen atoms in total. The molecule has 0 aliphatic carbocycles. The first kappa shape index (κ1) is 17.9. The van der Waals surface area contributed by atoms with Gasteiger partial charge < -0.3 is 4.74 Å². The Labute approximate surface area is 138 Å². The maximum atomic E-state index is 12.7. The summed E-state index contributed by atoms with van der Waals surface area (Å²) in [4.78, 5) is 12.3. The van der Waals surface area contributed by atoms with E-state index in [0.717, 1.165) is 18.4 Å². The van der Waals surface area contributed by atoms with Crippen molar-refractivity contribution in [1.82, 2.24) is 4.31 Å². The van der Waals surface area contributed by atoms with Crippen LogP contribution < -0.4 is 0 Å². The number of benzene rings is 1. The van der Waals surface area contributed by atoms with Crippen molar-refractivity contribution < 1.29 is 17.9 Å². The van der Waals surface area contributed by atoms with Crippen LogP contribution in [-0.4, -0.2) is 43.1 Å². The summed E-state index contributed by atoms with van der Waals surface area (Å²) in [7, 11) is -2.45. The fourth-order valence-electron chi connectivity index (χ4n) is 3.44. The molecule has 3 atom stereocenters. The minimum atomic E-state index is -3.69. The summed E-state index contributed by atoms with van der Waals surface area (Å²) in [6.45, 7) is 5.91. The molecule has 0 bridgehead atoms. The van der Waals surface area contributed by atoms with Crippen LogP contribution in [0.25, 0.3) is 0 Å². The van der Waals surface area contributed by atoms with E-state index in [1.54, 1.807) is 0 Å². The highest BCUT2D eigenvalue weighted by molar-refractivity contribution is 7.92. The zero-order valence-corrected chi connectivity index (χ0v) is 15.0. The summed E-state index contributed by atoms with van der Waals surface area (Å²) in [6.07, 6.45) is 1.67. The van der Waals surface area contributed by atoms with Crippen molar-refractivity contribution in [3.8, 4) is 0 Å². The molecular weight excluding hydrogens is 314 g/mol. The van der Waals surface area contributed by atoms with Crippen molar-refractivity contribution >= 4 is 16.0 Å². The molecule has 1 aromatic carbocycles. The molecule has 0 N–H and O–H groups in total. The Morgan fingerprint density at radius 3 is 2.48 bits per heavy atom. The molecule has 23 heavy (non-hydrogen) atoms. The van der Waals surface area contributed by atoms with Crippen molar-refractivity contribution in [2.24, 2.45) is 0 Å². The molecule has 1 aliphatic rings. The molecule has 0 amide bonds. The third-order valence-electron chi connectivity index (χ3n) is 4.84. The molecule has 1 fully saturated rings. The van der Waals surface area contributed by atoms with E-state index in [0.29, 0.717) is 6.54 Å². The molecule has 3 unspecified atom stereocenters. The fraction of sp³-hybridized carbons (Fsp3) is 0.588. The van der Waals surface area contributed by atoms with Gasteiger partial charge in [0.05, 0.1) is 13.2 Å². The van der Waals surface area contributed by atoms with E-state index in [1.165, 1.54) is 18.3 Å². The predicted octanol–water partition coefficient (Wildman–Crippen LogP) is 2.54. The number of carbonyl (C=O) groups is 1. The topological polar surface area (TPSA) is 63.7 Å². The molecule has 0 radical (unpaired) electrons. The smallest absolute Gasteiger partial charge is 0.330 e. The second-order valence-corrected chi connectivity index (χ2v) is 8.48. The van der Waals surface area contributed by atoms with Gasteiger partial charge in [0.1, 0.15) is 0 Å². The van der Waals surface area contributed by atoms with Gasteiger partial charge in [-0.1, -0.05) is 50.6 Å². The molecule has 1 aromatic rings. The molecule has 128 valence electrons. The Kier molecular flexibility index (Phi) is 5.16. The van der Waals surface area contributed by atoms with Gasteiger partial charge in [0.15, 0.2) is 4.75 Å². The van der Waals surface area contributed by atoms with Gasteiger partial charge >= 0.3 is 5.97 Å². The Balaban J connectivity index is 2.43. The highest BCUT2D eigenvalue weighted by atomic mass is 32.2. The molecule has 0 saturated carbocycles. The minimum absolute atomic E-state index is 0.0966. The van der Waals surface area contributed by atoms with Crippen LogP contribution in [0.3, 0.4) is 0 Å². The van der Waals surface area contributed by atoms with Gasteiger partial charge in [0.25, 0.3) is 0 Å². The number of sulfonamides is 1. The first-order chi connectivity index (χ1) is 10.8. The lowest BCUT2D eigenvalue weighted by atomic mass is 9.84. The minimum Gasteiger partial charge on any atom is -0.468 e. The molecule has 1 aliphatic heterocycles. The Bertz CT molecular complexity index is 658. The summed E-state index contributed by atoms with van der Waals surface area (Å²) in [5, 5.41) is 0. The van der Waals surface area contributed by atoms with Crippen molar-refractivity contribution in [3.05, 3.63) is 35.9 Å². The van der Waals surface area contributed by atoms with Gasteiger partial charge in [-0.3, -0.25) is 4.79 Å². The third-order valence-corrected chi connectivity index (χ3v) is 7.35. The van der Waals surface area contributed by atoms with E-state index in [1.807, 2.05) is 44.2 Å². The van der Waals surface area contributed by atoms with Crippen LogP contribution in [0.4, 0.5) is 0 Å². The Morgan fingerprint density at radius 1 is 1.35 bits per heavy atom. The SMILES string of the molecule is CCCCN1C(C(C)c2ccccc2)C(C)(C(=O)OC)S1(=O)=O. The van der Waals surface area contributed by atoms with Crippen LogP contribution in [0.2, 0.25) is 0 Å². The lowest BCUT2D eigenvalue weighted by Gasteiger charge is -2.54. The van der Waals surface area contributed by atoms with Crippen LogP contribution in [0.1, 0.15) is 45.1 Å². The van der Waals surface area contributed by atoms with Crippen LogP contribution in [0, 0.1) is 0 Å². The monoisotopic (exact) mass is 339 g/mol. The third kappa shape index (κ3) is 2.68. The molecule has 2 rings (SSSR count). The quantitative estimate of drug-likeness (QED) is 0.747. The highest BCUT2D eigenvalue weighted by Gasteiger charge is 2.69. The first-order valence-electron chi connectivity index (χ1n) is 7.97. The number of nitrogens with zero attached hydrogens (tertiary/aromatic N) is 1. The number of unbranched alkanes of at least 4 members (excludes halogenated alkanes) is 1. The van der Waals surface area contributed by atoms with Crippen LogP contribution >= 0.6 is 0 Å². The van der Waals surface area contributed by atoms with Gasteiger partial charge in [-0.15, -0.1) is 0 Å². The number of hydrogen-bond donors (Lipinski definition) is 0. The summed E-state index contributed by atoms with van der Waals surface area (Å²) in [5.41, 5.74) is 1.02. The lowest BCUT2D eigenvalue weighted by Crippen LogP contribution is -2.76. The number of hydrogen-bond acceptors (Lipinski definition) is 4. The van der Waals surface area contributed by atoms with Gasteiger partial charge in [0, 0.05) is 6.54 Å². The van der Waals surface area contributed by atoms with E-state index in [-0.39, 0.29) is 5.92 Å². The van der Waals surface area contributed by atoms with Gasteiger partial charge in [0.2, 0.25) is 10.0 Å². The second-order valence-electron chi connectivity index (χ2n) is 6.21. The molecule has 1 saturated heterocycles. The fourth-order valence-corrected chi connectivity index (χ4v) is 5.76. The van der Waals surface area contributed by atoms with Gasteiger partial charge in [-0.2, -0.15) is 4.31 Å². The standard InChI is InChI=1S/C17H25NO4S/c1-5-6-12-18-15(13(2)14-10-8-7-9-11-14)17(3,16(19)22-4)23(18,20)21/h7-11,13,15H,5-6,12H2,1-4H3. The van der Waals surface area contributed by atoms with Crippen molar-refractivity contribution in [3.63, 3.8) is 0 Å². The number of methoxy groups -OCH3 is 1. The summed E-state index contributed by atoms with van der Waals surface area (Å²) in [5.74, 6) is -0.779. The van der Waals surface area contributed by atoms with E-state index in [9.17, 15) is 13.2 Å². The Hall–Kier alpha value is -1.40. The van der Waals surface area contributed by atoms with Crippen molar-refractivity contribution in [2.45, 2.75) is 50.3 Å². The van der Waals surface area contributed by atoms with Crippen LogP contribution in [0.15, 0.2) is 30.3 Å². The number of esters is 1. The highest BCUT2D eigenvalue weighted by Crippen LogP contribution is 2.48. The average molecular weight is 339 g/mol. The van der Waals surface area contributed by atoms with E-state index < -0.39 is 26.8 Å². The average Bonchev–Trinajstić information content (AvgIpc) is 2.57. The Morgan fingerprint density at radius 2 is 1.96 bits per heavy atom. The molecular formula is C17H25NO4S. The zero-order chi connectivity index (χ0) is 17.3. The maximum Gasteiger partial charge on any atom is 0.330 e. The van der Waals surface area contributed by atoms with Gasteiger partial charge in [-0.05, 0) is 24.8 Å². The zero-order valence-electron chi connectivity index (χ0n) is 14.2. The number of rotatable bonds is 6. The van der Waals surface area contributed by atoms with E-state index >= 15 is 0 Å². The summed E-state index contributed by atoms with van der Waals surface area (Å²) in [6, 6.07) is 9.27. The summed E-state index contributed by atoms with van der Waals surface area (Å²) < 4.78 is 30.3. The molecule has 0 spiro atoms. The maximum absolute atomic E-state index is 12.7. The number of ether oxygens (including phenoxy) is 1. The molecule has 6 heteroatoms. The van der Waals surface area contributed by atoms with Crippen LogP contribution in [-0.2, 0) is 19.6 Å². The second kappa shape index (κ2) is 6.61. The largest absolute Gasteiger partial charge is 0.468 e. The normalized spacial score (nSPS) is 27.9. The molecule has 1 heterocycles. The predicted molar refractivity (Wildman–Crippen MR) is 89.6 cm³/mol. The van der Waals surface area contributed by atoms with Crippen molar-refractivity contribution in [2.75, 3.05) is 13.7 Å². The van der Waals surface area contributed by atoms with Crippen molar-refractivity contribution in [1.29, 1.82) is 0 Å². The lowest BCUT2D eigenvalue weighted by molar-refractivity contribution is -0.146. The first-order valence-corrected chi connectivity index (χ1v) is 9.41. The molecule has 0 aromatic heterocycles. The summed E-state index contributed by atoms with van der Waals surface area (Å²) >= 11 is 0. The van der Waals surface area contributed by atoms with Crippen LogP contribution in [0.5, 0.6) is 0 Å². The van der Waals surface area contributed by atoms with Gasteiger partial charge in [-0.25, -0.2) is 8.42 Å². The van der Waals surface area contributed by atoms with E-state index in [4.69, 9.17) is 4.74 Å². The van der Waals surface area contributed by atoms with E-state index in [2.05, 4.69) is 0 Å².